The lowest BCUT2D eigenvalue weighted by Crippen LogP contribution is -2.38. The Morgan fingerprint density at radius 3 is 2.92 bits per heavy atom. The number of aromatic nitrogens is 2. The lowest BCUT2D eigenvalue weighted by molar-refractivity contribution is 0.168. The smallest absolute Gasteiger partial charge is 0.408 e. The monoisotopic (exact) mass is 343 g/mol. The standard InChI is InChI=1S/C18H18ClN3O2/c19-14-3-4-17-16(10-14)22(18(23)24-17)15-2-1-9-21(12-15)11-13-5-7-20-8-6-13/h3-8,10,15H,1-2,9,11-12H2/t15-/m0/s1. The van der Waals surface area contributed by atoms with Gasteiger partial charge in [0.15, 0.2) is 5.58 Å². The molecule has 1 aliphatic heterocycles. The molecule has 1 atom stereocenters. The van der Waals surface area contributed by atoms with Gasteiger partial charge in [-0.2, -0.15) is 0 Å². The summed E-state index contributed by atoms with van der Waals surface area (Å²) in [5, 5.41) is 0.613. The van der Waals surface area contributed by atoms with Crippen LogP contribution in [0.25, 0.3) is 11.1 Å². The number of likely N-dealkylation sites (tertiary alicyclic amines) is 1. The first kappa shape index (κ1) is 15.4. The Morgan fingerprint density at radius 1 is 1.25 bits per heavy atom. The molecule has 3 heterocycles. The van der Waals surface area contributed by atoms with Crippen LogP contribution in [0.15, 0.2) is 51.9 Å². The zero-order valence-corrected chi connectivity index (χ0v) is 13.9. The molecule has 4 rings (SSSR count). The van der Waals surface area contributed by atoms with Crippen molar-refractivity contribution in [3.63, 3.8) is 0 Å². The fraction of sp³-hybridized carbons (Fsp3) is 0.333. The van der Waals surface area contributed by atoms with E-state index in [2.05, 4.69) is 9.88 Å². The van der Waals surface area contributed by atoms with Gasteiger partial charge in [0.25, 0.3) is 0 Å². The second-order valence-electron chi connectivity index (χ2n) is 6.24. The molecule has 0 unspecified atom stereocenters. The van der Waals surface area contributed by atoms with E-state index < -0.39 is 0 Å². The summed E-state index contributed by atoms with van der Waals surface area (Å²) in [6.07, 6.45) is 5.64. The fourth-order valence-electron chi connectivity index (χ4n) is 3.48. The van der Waals surface area contributed by atoms with Crippen LogP contribution in [0.5, 0.6) is 0 Å². The van der Waals surface area contributed by atoms with Gasteiger partial charge >= 0.3 is 5.76 Å². The van der Waals surface area contributed by atoms with Crippen LogP contribution in [-0.4, -0.2) is 27.5 Å². The summed E-state index contributed by atoms with van der Waals surface area (Å²) in [6.45, 7) is 2.72. The molecule has 0 radical (unpaired) electrons. The number of nitrogens with zero attached hydrogens (tertiary/aromatic N) is 3. The first-order valence-electron chi connectivity index (χ1n) is 8.12. The van der Waals surface area contributed by atoms with Crippen LogP contribution >= 0.6 is 11.6 Å². The van der Waals surface area contributed by atoms with Crippen LogP contribution in [0.1, 0.15) is 24.4 Å². The van der Waals surface area contributed by atoms with E-state index >= 15 is 0 Å². The normalized spacial score (nSPS) is 19.0. The third kappa shape index (κ3) is 2.97. The van der Waals surface area contributed by atoms with Crippen LogP contribution in [0.3, 0.4) is 0 Å². The molecule has 0 amide bonds. The molecule has 1 aromatic carbocycles. The molecule has 6 heteroatoms. The maximum atomic E-state index is 12.3. The lowest BCUT2D eigenvalue weighted by Gasteiger charge is -2.33. The number of pyridine rings is 1. The summed E-state index contributed by atoms with van der Waals surface area (Å²) in [4.78, 5) is 18.8. The Hall–Kier alpha value is -2.11. The largest absolute Gasteiger partial charge is 0.420 e. The van der Waals surface area contributed by atoms with Crippen LogP contribution in [0.2, 0.25) is 5.02 Å². The minimum Gasteiger partial charge on any atom is -0.408 e. The summed E-state index contributed by atoms with van der Waals surface area (Å²) in [5.74, 6) is -0.303. The molecule has 24 heavy (non-hydrogen) atoms. The van der Waals surface area contributed by atoms with Crippen molar-refractivity contribution in [2.45, 2.75) is 25.4 Å². The van der Waals surface area contributed by atoms with E-state index in [1.54, 1.807) is 16.7 Å². The Kier molecular flexibility index (Phi) is 4.12. The average molecular weight is 344 g/mol. The predicted molar refractivity (Wildman–Crippen MR) is 93.3 cm³/mol. The van der Waals surface area contributed by atoms with Crippen LogP contribution in [0.4, 0.5) is 0 Å². The molecule has 1 saturated heterocycles. The molecular weight excluding hydrogens is 326 g/mol. The van der Waals surface area contributed by atoms with Crippen molar-refractivity contribution < 1.29 is 4.42 Å². The zero-order valence-electron chi connectivity index (χ0n) is 13.2. The summed E-state index contributed by atoms with van der Waals surface area (Å²) in [5.41, 5.74) is 2.61. The summed E-state index contributed by atoms with van der Waals surface area (Å²) in [6, 6.07) is 9.48. The van der Waals surface area contributed by atoms with Gasteiger partial charge in [0.05, 0.1) is 11.6 Å². The number of hydrogen-bond acceptors (Lipinski definition) is 4. The average Bonchev–Trinajstić information content (AvgIpc) is 2.91. The fourth-order valence-corrected chi connectivity index (χ4v) is 3.65. The molecule has 0 saturated carbocycles. The van der Waals surface area contributed by atoms with E-state index in [1.165, 1.54) is 5.56 Å². The molecule has 1 aliphatic rings. The predicted octanol–water partition coefficient (Wildman–Crippen LogP) is 3.48. The number of halogens is 1. The van der Waals surface area contributed by atoms with E-state index in [9.17, 15) is 4.79 Å². The van der Waals surface area contributed by atoms with E-state index in [-0.39, 0.29) is 11.8 Å². The molecule has 0 spiro atoms. The molecule has 1 fully saturated rings. The highest BCUT2D eigenvalue weighted by Crippen LogP contribution is 2.27. The zero-order chi connectivity index (χ0) is 16.5. The van der Waals surface area contributed by atoms with E-state index in [0.29, 0.717) is 10.6 Å². The minimum absolute atomic E-state index is 0.104. The Bertz CT molecular complexity index is 904. The number of rotatable bonds is 3. The van der Waals surface area contributed by atoms with E-state index in [1.807, 2.05) is 30.6 Å². The Morgan fingerprint density at radius 2 is 2.08 bits per heavy atom. The van der Waals surface area contributed by atoms with Crippen molar-refractivity contribution >= 4 is 22.7 Å². The quantitative estimate of drug-likeness (QED) is 0.730. The van der Waals surface area contributed by atoms with Crippen molar-refractivity contribution in [1.82, 2.24) is 14.5 Å². The molecule has 0 N–H and O–H groups in total. The number of hydrogen-bond donors (Lipinski definition) is 0. The number of fused-ring (bicyclic) bond motifs is 1. The van der Waals surface area contributed by atoms with Crippen molar-refractivity contribution in [2.75, 3.05) is 13.1 Å². The van der Waals surface area contributed by atoms with Crippen molar-refractivity contribution in [1.29, 1.82) is 0 Å². The topological polar surface area (TPSA) is 51.3 Å². The molecule has 2 aromatic heterocycles. The van der Waals surface area contributed by atoms with Gasteiger partial charge in [0, 0.05) is 30.5 Å². The van der Waals surface area contributed by atoms with Crippen LogP contribution < -0.4 is 5.76 Å². The van der Waals surface area contributed by atoms with E-state index in [4.69, 9.17) is 16.0 Å². The van der Waals surface area contributed by atoms with Gasteiger partial charge < -0.3 is 4.42 Å². The maximum absolute atomic E-state index is 12.3. The van der Waals surface area contributed by atoms with Gasteiger partial charge in [-0.1, -0.05) is 11.6 Å². The van der Waals surface area contributed by atoms with Gasteiger partial charge in [-0.25, -0.2) is 4.79 Å². The minimum atomic E-state index is -0.303. The molecular formula is C18H18ClN3O2. The number of oxazole rings is 1. The first-order chi connectivity index (χ1) is 11.7. The van der Waals surface area contributed by atoms with Crippen molar-refractivity contribution in [3.8, 4) is 0 Å². The first-order valence-corrected chi connectivity index (χ1v) is 8.50. The van der Waals surface area contributed by atoms with E-state index in [0.717, 1.165) is 38.0 Å². The summed E-state index contributed by atoms with van der Waals surface area (Å²) < 4.78 is 7.15. The van der Waals surface area contributed by atoms with Crippen molar-refractivity contribution in [2.24, 2.45) is 0 Å². The van der Waals surface area contributed by atoms with Gasteiger partial charge in [0.1, 0.15) is 0 Å². The number of benzene rings is 1. The van der Waals surface area contributed by atoms with Gasteiger partial charge in [0.2, 0.25) is 0 Å². The molecule has 3 aromatic rings. The third-order valence-electron chi connectivity index (χ3n) is 4.58. The third-order valence-corrected chi connectivity index (χ3v) is 4.81. The summed E-state index contributed by atoms with van der Waals surface area (Å²) >= 11 is 6.10. The lowest BCUT2D eigenvalue weighted by atomic mass is 10.0. The molecule has 0 aliphatic carbocycles. The summed E-state index contributed by atoms with van der Waals surface area (Å²) in [7, 11) is 0. The Labute approximate surface area is 144 Å². The SMILES string of the molecule is O=c1oc2ccc(Cl)cc2n1[C@H]1CCCN(Cc2ccncc2)C1. The van der Waals surface area contributed by atoms with Gasteiger partial charge in [-0.3, -0.25) is 14.5 Å². The number of piperidine rings is 1. The molecule has 5 nitrogen and oxygen atoms in total. The van der Waals surface area contributed by atoms with Crippen LogP contribution in [0, 0.1) is 0 Å². The van der Waals surface area contributed by atoms with Gasteiger partial charge in [-0.05, 0) is 55.3 Å². The highest BCUT2D eigenvalue weighted by molar-refractivity contribution is 6.31. The second kappa shape index (κ2) is 6.42. The molecule has 0 bridgehead atoms. The molecule has 124 valence electrons. The Balaban J connectivity index is 1.61. The maximum Gasteiger partial charge on any atom is 0.420 e. The highest BCUT2D eigenvalue weighted by Gasteiger charge is 2.25. The van der Waals surface area contributed by atoms with Gasteiger partial charge in [-0.15, -0.1) is 0 Å². The van der Waals surface area contributed by atoms with Crippen molar-refractivity contribution in [3.05, 3.63) is 63.9 Å². The van der Waals surface area contributed by atoms with Crippen LogP contribution in [-0.2, 0) is 6.54 Å². The highest BCUT2D eigenvalue weighted by atomic mass is 35.5. The second-order valence-corrected chi connectivity index (χ2v) is 6.67.